The van der Waals surface area contributed by atoms with Crippen molar-refractivity contribution in [2.45, 2.75) is 36.9 Å². The molecule has 1 aliphatic carbocycles. The summed E-state index contributed by atoms with van der Waals surface area (Å²) in [5, 5.41) is 21.6. The van der Waals surface area contributed by atoms with Crippen molar-refractivity contribution in [2.24, 2.45) is 11.1 Å². The first kappa shape index (κ1) is 17.7. The van der Waals surface area contributed by atoms with Crippen LogP contribution < -0.4 is 5.14 Å². The molecule has 1 aliphatic rings. The lowest BCUT2D eigenvalue weighted by Gasteiger charge is -2.11. The van der Waals surface area contributed by atoms with Crippen molar-refractivity contribution in [3.63, 3.8) is 0 Å². The normalized spacial score (nSPS) is 19.6. The van der Waals surface area contributed by atoms with Gasteiger partial charge < -0.3 is 10.2 Å². The van der Waals surface area contributed by atoms with E-state index in [9.17, 15) is 16.8 Å². The van der Waals surface area contributed by atoms with Crippen LogP contribution in [0.4, 0.5) is 0 Å². The molecule has 0 amide bonds. The van der Waals surface area contributed by atoms with Gasteiger partial charge in [0.15, 0.2) is 5.44 Å². The third-order valence-electron chi connectivity index (χ3n) is 2.24. The fourth-order valence-corrected chi connectivity index (χ4v) is 2.25. The van der Waals surface area contributed by atoms with Gasteiger partial charge >= 0.3 is 0 Å². The number of aliphatic hydroxyl groups is 2. The Morgan fingerprint density at radius 2 is 1.72 bits per heavy atom. The van der Waals surface area contributed by atoms with Crippen LogP contribution in [0.2, 0.25) is 0 Å². The Morgan fingerprint density at radius 1 is 1.28 bits per heavy atom. The molecule has 0 heterocycles. The lowest BCUT2D eigenvalue weighted by atomic mass is 10.1. The highest BCUT2D eigenvalue weighted by molar-refractivity contribution is 7.89. The van der Waals surface area contributed by atoms with Gasteiger partial charge in [-0.3, -0.25) is 4.55 Å². The molecule has 1 fully saturated rings. The predicted octanol–water partition coefficient (Wildman–Crippen LogP) is -1.35. The van der Waals surface area contributed by atoms with Crippen LogP contribution in [0, 0.1) is 5.92 Å². The summed E-state index contributed by atoms with van der Waals surface area (Å²) in [5.74, 6) is -0.261. The second-order valence-electron chi connectivity index (χ2n) is 4.28. The SMILES string of the molecule is CC(CO)CC(O)S(N)(=O)=O.O=S(=O)(O)C1CC1. The molecule has 0 aliphatic heterocycles. The van der Waals surface area contributed by atoms with Gasteiger partial charge in [-0.2, -0.15) is 8.42 Å². The van der Waals surface area contributed by atoms with Gasteiger partial charge in [0, 0.05) is 6.61 Å². The average Bonchev–Trinajstić information content (AvgIpc) is 2.98. The molecule has 0 radical (unpaired) electrons. The fraction of sp³-hybridized carbons (Fsp3) is 1.00. The maximum atomic E-state index is 10.4. The second-order valence-corrected chi connectivity index (χ2v) is 7.70. The number of aliphatic hydroxyl groups excluding tert-OH is 2. The first-order valence-electron chi connectivity index (χ1n) is 5.25. The summed E-state index contributed by atoms with van der Waals surface area (Å²) in [6.45, 7) is 1.46. The Bertz CT molecular complexity index is 440. The molecule has 0 spiro atoms. The largest absolute Gasteiger partial charge is 0.396 e. The van der Waals surface area contributed by atoms with Crippen molar-refractivity contribution in [3.05, 3.63) is 0 Å². The topological polar surface area (TPSA) is 155 Å². The number of primary sulfonamides is 1. The van der Waals surface area contributed by atoms with Gasteiger partial charge in [-0.15, -0.1) is 0 Å². The molecular weight excluding hydrogens is 286 g/mol. The lowest BCUT2D eigenvalue weighted by Crippen LogP contribution is -2.30. The molecule has 0 aromatic heterocycles. The molecule has 0 bridgehead atoms. The standard InChI is InChI=1S/C5H13NO4S.C3H6O3S/c1-4(3-7)2-5(8)11(6,9)10;4-7(5,6)3-1-2-3/h4-5,7-8H,2-3H2,1H3,(H2,6,9,10);3H,1-2H2,(H,4,5,6). The van der Waals surface area contributed by atoms with Gasteiger partial charge in [-0.1, -0.05) is 6.92 Å². The van der Waals surface area contributed by atoms with Gasteiger partial charge in [0.1, 0.15) is 0 Å². The van der Waals surface area contributed by atoms with Crippen LogP contribution in [0.25, 0.3) is 0 Å². The van der Waals surface area contributed by atoms with Crippen molar-refractivity contribution >= 4 is 20.1 Å². The van der Waals surface area contributed by atoms with E-state index in [1.54, 1.807) is 6.92 Å². The Labute approximate surface area is 107 Å². The summed E-state index contributed by atoms with van der Waals surface area (Å²) < 4.78 is 48.9. The molecular formula is C8H19NO7S2. The van der Waals surface area contributed by atoms with Crippen LogP contribution in [0.3, 0.4) is 0 Å². The predicted molar refractivity (Wildman–Crippen MR) is 64.6 cm³/mol. The Balaban J connectivity index is 0.000000351. The zero-order valence-corrected chi connectivity index (χ0v) is 11.6. The van der Waals surface area contributed by atoms with Gasteiger partial charge in [-0.25, -0.2) is 13.6 Å². The monoisotopic (exact) mass is 305 g/mol. The maximum Gasteiger partial charge on any atom is 0.267 e. The quantitative estimate of drug-likeness (QED) is 0.457. The van der Waals surface area contributed by atoms with Gasteiger partial charge in [0.25, 0.3) is 10.1 Å². The van der Waals surface area contributed by atoms with E-state index in [0.29, 0.717) is 12.8 Å². The van der Waals surface area contributed by atoms with Crippen LogP contribution >= 0.6 is 0 Å². The molecule has 18 heavy (non-hydrogen) atoms. The Kier molecular flexibility index (Phi) is 6.68. The van der Waals surface area contributed by atoms with Crippen LogP contribution in [-0.4, -0.2) is 48.9 Å². The maximum absolute atomic E-state index is 10.4. The van der Waals surface area contributed by atoms with Crippen molar-refractivity contribution < 1.29 is 31.6 Å². The first-order chi connectivity index (χ1) is 7.98. The molecule has 110 valence electrons. The number of hydrogen-bond donors (Lipinski definition) is 4. The summed E-state index contributed by atoms with van der Waals surface area (Å²) in [4.78, 5) is 0. The second kappa shape index (κ2) is 6.78. The summed E-state index contributed by atoms with van der Waals surface area (Å²) in [6.07, 6.45) is 1.24. The van der Waals surface area contributed by atoms with E-state index in [0.717, 1.165) is 0 Å². The minimum atomic E-state index is -3.86. The molecule has 2 unspecified atom stereocenters. The van der Waals surface area contributed by atoms with E-state index >= 15 is 0 Å². The molecule has 0 saturated heterocycles. The van der Waals surface area contributed by atoms with Crippen LogP contribution in [0.1, 0.15) is 26.2 Å². The molecule has 5 N–H and O–H groups in total. The van der Waals surface area contributed by atoms with Crippen molar-refractivity contribution in [1.82, 2.24) is 0 Å². The highest BCUT2D eigenvalue weighted by atomic mass is 32.2. The highest BCUT2D eigenvalue weighted by Gasteiger charge is 2.33. The van der Waals surface area contributed by atoms with Crippen LogP contribution in [0.5, 0.6) is 0 Å². The van der Waals surface area contributed by atoms with E-state index < -0.39 is 30.8 Å². The Hall–Kier alpha value is -0.260. The number of sulfonamides is 1. The summed E-state index contributed by atoms with van der Waals surface area (Å²) in [7, 11) is -7.49. The zero-order valence-electron chi connectivity index (χ0n) is 9.93. The number of rotatable bonds is 5. The molecule has 0 aromatic rings. The van der Waals surface area contributed by atoms with Crippen molar-refractivity contribution in [1.29, 1.82) is 0 Å². The molecule has 8 nitrogen and oxygen atoms in total. The van der Waals surface area contributed by atoms with E-state index in [2.05, 4.69) is 5.14 Å². The van der Waals surface area contributed by atoms with Crippen molar-refractivity contribution in [3.8, 4) is 0 Å². The summed E-state index contributed by atoms with van der Waals surface area (Å²) >= 11 is 0. The number of hydrogen-bond acceptors (Lipinski definition) is 6. The highest BCUT2D eigenvalue weighted by Crippen LogP contribution is 2.26. The minimum absolute atomic E-state index is 0.0324. The summed E-state index contributed by atoms with van der Waals surface area (Å²) in [6, 6.07) is 0. The number of nitrogens with two attached hydrogens (primary N) is 1. The summed E-state index contributed by atoms with van der Waals surface area (Å²) in [5.41, 5.74) is -1.57. The molecule has 1 saturated carbocycles. The third kappa shape index (κ3) is 7.95. The smallest absolute Gasteiger partial charge is 0.267 e. The molecule has 0 aromatic carbocycles. The molecule has 10 heteroatoms. The van der Waals surface area contributed by atoms with E-state index in [1.807, 2.05) is 0 Å². The zero-order chi connectivity index (χ0) is 14.6. The third-order valence-corrected chi connectivity index (χ3v) is 4.51. The van der Waals surface area contributed by atoms with Crippen LogP contribution in [0.15, 0.2) is 0 Å². The molecule has 1 rings (SSSR count). The fourth-order valence-electron chi connectivity index (χ4n) is 0.919. The first-order valence-corrected chi connectivity index (χ1v) is 8.36. The van der Waals surface area contributed by atoms with Gasteiger partial charge in [-0.05, 0) is 25.2 Å². The van der Waals surface area contributed by atoms with E-state index in [4.69, 9.17) is 14.8 Å². The van der Waals surface area contributed by atoms with Gasteiger partial charge in [0.2, 0.25) is 10.0 Å². The van der Waals surface area contributed by atoms with E-state index in [1.165, 1.54) is 0 Å². The van der Waals surface area contributed by atoms with E-state index in [-0.39, 0.29) is 18.9 Å². The van der Waals surface area contributed by atoms with Crippen molar-refractivity contribution in [2.75, 3.05) is 6.61 Å². The average molecular weight is 305 g/mol. The Morgan fingerprint density at radius 3 is 1.89 bits per heavy atom. The lowest BCUT2D eigenvalue weighted by molar-refractivity contribution is 0.171. The molecule has 2 atom stereocenters. The minimum Gasteiger partial charge on any atom is -0.396 e. The van der Waals surface area contributed by atoms with Gasteiger partial charge in [0.05, 0.1) is 5.25 Å². The van der Waals surface area contributed by atoms with Crippen LogP contribution in [-0.2, 0) is 20.1 Å².